The van der Waals surface area contributed by atoms with Crippen LogP contribution in [-0.2, 0) is 9.59 Å². The van der Waals surface area contributed by atoms with Gasteiger partial charge in [0.2, 0.25) is 11.8 Å². The Balaban J connectivity index is 2.33. The Kier molecular flexibility index (Phi) is 4.15. The van der Waals surface area contributed by atoms with Crippen molar-refractivity contribution in [1.29, 1.82) is 0 Å². The van der Waals surface area contributed by atoms with Gasteiger partial charge < -0.3 is 0 Å². The molecule has 2 amide bonds. The molecule has 0 bridgehead atoms. The van der Waals surface area contributed by atoms with E-state index in [-0.39, 0.29) is 23.7 Å². The summed E-state index contributed by atoms with van der Waals surface area (Å²) in [4.78, 5) is 26.3. The van der Waals surface area contributed by atoms with Crippen LogP contribution in [0.5, 0.6) is 0 Å². The molecule has 2 rings (SSSR count). The Labute approximate surface area is 113 Å². The van der Waals surface area contributed by atoms with Gasteiger partial charge in [0, 0.05) is 0 Å². The number of carbonyl (C=O) groups is 2. The number of nitrogens with zero attached hydrogens (tertiary/aromatic N) is 1. The first-order valence-corrected chi connectivity index (χ1v) is 6.74. The van der Waals surface area contributed by atoms with Crippen LogP contribution >= 0.6 is 0 Å². The van der Waals surface area contributed by atoms with Gasteiger partial charge in [-0.1, -0.05) is 37.6 Å². The lowest BCUT2D eigenvalue weighted by Crippen LogP contribution is -2.30. The van der Waals surface area contributed by atoms with Crippen LogP contribution in [0, 0.1) is 11.8 Å². The van der Waals surface area contributed by atoms with Gasteiger partial charge in [0.05, 0.1) is 17.5 Å². The lowest BCUT2D eigenvalue weighted by atomic mass is 9.88. The van der Waals surface area contributed by atoms with Crippen molar-refractivity contribution >= 4 is 17.5 Å². The molecule has 0 aliphatic carbocycles. The highest BCUT2D eigenvalue weighted by molar-refractivity contribution is 6.22. The Morgan fingerprint density at radius 2 is 1.79 bits per heavy atom. The standard InChI is InChI=1S/C16H19NO2/c1-3-8-13-14(9-4-2)16(19)17(15(13)18)12-10-6-5-7-11-12/h3,5-7,10-11,13-14H,1,4,8-9H2,2H3/t13-,14-/m0/s1. The number of benzene rings is 1. The molecule has 1 aromatic rings. The second-order valence-electron chi connectivity index (χ2n) is 4.87. The Morgan fingerprint density at radius 1 is 1.16 bits per heavy atom. The molecule has 1 fully saturated rings. The number of carbonyl (C=O) groups excluding carboxylic acids is 2. The van der Waals surface area contributed by atoms with Crippen LogP contribution in [-0.4, -0.2) is 11.8 Å². The van der Waals surface area contributed by atoms with Gasteiger partial charge >= 0.3 is 0 Å². The molecule has 0 spiro atoms. The van der Waals surface area contributed by atoms with Gasteiger partial charge in [0.15, 0.2) is 0 Å². The maximum Gasteiger partial charge on any atom is 0.237 e. The van der Waals surface area contributed by atoms with Gasteiger partial charge in [-0.05, 0) is 25.0 Å². The Bertz CT molecular complexity index is 481. The molecule has 0 N–H and O–H groups in total. The first-order chi connectivity index (χ1) is 9.20. The van der Waals surface area contributed by atoms with Gasteiger partial charge in [0.25, 0.3) is 0 Å². The minimum atomic E-state index is -0.245. The molecule has 2 atom stereocenters. The van der Waals surface area contributed by atoms with Gasteiger partial charge in [-0.3, -0.25) is 14.5 Å². The molecule has 3 heteroatoms. The minimum absolute atomic E-state index is 0.0649. The van der Waals surface area contributed by atoms with Crippen LogP contribution in [0.15, 0.2) is 43.0 Å². The van der Waals surface area contributed by atoms with Gasteiger partial charge in [-0.2, -0.15) is 0 Å². The number of hydrogen-bond donors (Lipinski definition) is 0. The smallest absolute Gasteiger partial charge is 0.237 e. The molecule has 0 saturated carbocycles. The number of para-hydroxylation sites is 1. The average molecular weight is 257 g/mol. The first kappa shape index (κ1) is 13.5. The van der Waals surface area contributed by atoms with Crippen molar-refractivity contribution in [2.45, 2.75) is 26.2 Å². The first-order valence-electron chi connectivity index (χ1n) is 6.74. The normalized spacial score (nSPS) is 22.9. The summed E-state index contributed by atoms with van der Waals surface area (Å²) in [5, 5.41) is 0. The van der Waals surface area contributed by atoms with Crippen LogP contribution in [0.25, 0.3) is 0 Å². The summed E-state index contributed by atoms with van der Waals surface area (Å²) in [6.07, 6.45) is 3.96. The fourth-order valence-electron chi connectivity index (χ4n) is 2.70. The number of anilines is 1. The van der Waals surface area contributed by atoms with E-state index in [1.54, 1.807) is 18.2 Å². The molecular formula is C16H19NO2. The van der Waals surface area contributed by atoms with Crippen molar-refractivity contribution in [3.63, 3.8) is 0 Å². The van der Waals surface area contributed by atoms with E-state index in [2.05, 4.69) is 6.58 Å². The molecule has 0 aromatic heterocycles. The van der Waals surface area contributed by atoms with E-state index in [9.17, 15) is 9.59 Å². The molecule has 0 unspecified atom stereocenters. The van der Waals surface area contributed by atoms with Crippen LogP contribution in [0.3, 0.4) is 0 Å². The second-order valence-corrected chi connectivity index (χ2v) is 4.87. The number of amides is 2. The third-order valence-electron chi connectivity index (χ3n) is 3.60. The summed E-state index contributed by atoms with van der Waals surface area (Å²) in [5.41, 5.74) is 0.671. The molecule has 1 heterocycles. The lowest BCUT2D eigenvalue weighted by Gasteiger charge is -2.14. The zero-order chi connectivity index (χ0) is 13.8. The minimum Gasteiger partial charge on any atom is -0.274 e. The summed E-state index contributed by atoms with van der Waals surface area (Å²) >= 11 is 0. The van der Waals surface area contributed by atoms with E-state index in [4.69, 9.17) is 0 Å². The number of hydrogen-bond acceptors (Lipinski definition) is 2. The monoisotopic (exact) mass is 257 g/mol. The molecular weight excluding hydrogens is 238 g/mol. The van der Waals surface area contributed by atoms with Crippen molar-refractivity contribution in [2.24, 2.45) is 11.8 Å². The zero-order valence-corrected chi connectivity index (χ0v) is 11.2. The van der Waals surface area contributed by atoms with E-state index in [0.717, 1.165) is 12.8 Å². The van der Waals surface area contributed by atoms with Crippen molar-refractivity contribution in [1.82, 2.24) is 0 Å². The summed E-state index contributed by atoms with van der Waals surface area (Å²) in [6, 6.07) is 9.15. The van der Waals surface area contributed by atoms with E-state index in [0.29, 0.717) is 12.1 Å². The highest BCUT2D eigenvalue weighted by Crippen LogP contribution is 2.35. The van der Waals surface area contributed by atoms with Crippen LogP contribution < -0.4 is 4.90 Å². The van der Waals surface area contributed by atoms with E-state index < -0.39 is 0 Å². The largest absolute Gasteiger partial charge is 0.274 e. The van der Waals surface area contributed by atoms with E-state index >= 15 is 0 Å². The third-order valence-corrected chi connectivity index (χ3v) is 3.60. The van der Waals surface area contributed by atoms with Gasteiger partial charge in [0.1, 0.15) is 0 Å². The molecule has 3 nitrogen and oxygen atoms in total. The number of allylic oxidation sites excluding steroid dienone is 1. The van der Waals surface area contributed by atoms with Gasteiger partial charge in [-0.25, -0.2) is 0 Å². The number of imide groups is 1. The predicted molar refractivity (Wildman–Crippen MR) is 75.6 cm³/mol. The van der Waals surface area contributed by atoms with Crippen molar-refractivity contribution in [2.75, 3.05) is 4.90 Å². The molecule has 1 aliphatic heterocycles. The average Bonchev–Trinajstić information content (AvgIpc) is 2.65. The lowest BCUT2D eigenvalue weighted by molar-refractivity contribution is -0.122. The molecule has 1 saturated heterocycles. The third kappa shape index (κ3) is 2.46. The molecule has 19 heavy (non-hydrogen) atoms. The van der Waals surface area contributed by atoms with Crippen LogP contribution in [0.4, 0.5) is 5.69 Å². The fourth-order valence-corrected chi connectivity index (χ4v) is 2.70. The van der Waals surface area contributed by atoms with Crippen molar-refractivity contribution in [3.8, 4) is 0 Å². The van der Waals surface area contributed by atoms with E-state index in [1.165, 1.54) is 4.90 Å². The predicted octanol–water partition coefficient (Wildman–Crippen LogP) is 3.17. The van der Waals surface area contributed by atoms with Crippen LogP contribution in [0.1, 0.15) is 26.2 Å². The molecule has 0 radical (unpaired) electrons. The topological polar surface area (TPSA) is 37.4 Å². The van der Waals surface area contributed by atoms with Crippen LogP contribution in [0.2, 0.25) is 0 Å². The maximum atomic E-state index is 12.5. The SMILES string of the molecule is C=CC[C@@H]1C(=O)N(c2ccccc2)C(=O)[C@H]1CCC. The van der Waals surface area contributed by atoms with Crippen molar-refractivity contribution in [3.05, 3.63) is 43.0 Å². The fraction of sp³-hybridized carbons (Fsp3) is 0.375. The second kappa shape index (κ2) is 5.83. The summed E-state index contributed by atoms with van der Waals surface area (Å²) in [7, 11) is 0. The Morgan fingerprint density at radius 3 is 2.37 bits per heavy atom. The molecule has 1 aromatic carbocycles. The van der Waals surface area contributed by atoms with Gasteiger partial charge in [-0.15, -0.1) is 6.58 Å². The highest BCUT2D eigenvalue weighted by Gasteiger charge is 2.46. The summed E-state index contributed by atoms with van der Waals surface area (Å²) in [5.74, 6) is -0.597. The zero-order valence-electron chi connectivity index (χ0n) is 11.2. The molecule has 1 aliphatic rings. The van der Waals surface area contributed by atoms with Crippen molar-refractivity contribution < 1.29 is 9.59 Å². The number of rotatable bonds is 5. The maximum absolute atomic E-state index is 12.5. The van der Waals surface area contributed by atoms with E-state index in [1.807, 2.05) is 25.1 Å². The summed E-state index contributed by atoms with van der Waals surface area (Å²) < 4.78 is 0. The summed E-state index contributed by atoms with van der Waals surface area (Å²) in [6.45, 7) is 5.73. The Hall–Kier alpha value is -1.90. The highest BCUT2D eigenvalue weighted by atomic mass is 16.2. The molecule has 100 valence electrons. The quantitative estimate of drug-likeness (QED) is 0.600.